The SMILES string of the molecule is Cc1nc(NC(C)c2ccccc2)sc1C(=O)O. The smallest absolute Gasteiger partial charge is 0.347 e. The number of rotatable bonds is 4. The molecular formula is C13H14N2O2S. The standard InChI is InChI=1S/C13H14N2O2S/c1-8(10-6-4-3-5-7-10)14-13-15-9(2)11(18-13)12(16)17/h3-8H,1-2H3,(H,14,15)(H,16,17). The average Bonchev–Trinajstić information content (AvgIpc) is 2.71. The van der Waals surface area contributed by atoms with E-state index in [0.29, 0.717) is 10.8 Å². The van der Waals surface area contributed by atoms with Crippen LogP contribution in [-0.4, -0.2) is 16.1 Å². The van der Waals surface area contributed by atoms with E-state index in [9.17, 15) is 4.79 Å². The van der Waals surface area contributed by atoms with Gasteiger partial charge in [0.05, 0.1) is 11.7 Å². The second-order valence-electron chi connectivity index (χ2n) is 4.02. The van der Waals surface area contributed by atoms with Crippen LogP contribution in [0.25, 0.3) is 0 Å². The molecular weight excluding hydrogens is 248 g/mol. The van der Waals surface area contributed by atoms with E-state index in [2.05, 4.69) is 10.3 Å². The fourth-order valence-corrected chi connectivity index (χ4v) is 2.56. The molecule has 0 spiro atoms. The van der Waals surface area contributed by atoms with Crippen molar-refractivity contribution in [3.8, 4) is 0 Å². The minimum atomic E-state index is -0.926. The van der Waals surface area contributed by atoms with E-state index in [1.807, 2.05) is 37.3 Å². The van der Waals surface area contributed by atoms with E-state index in [0.717, 1.165) is 5.56 Å². The summed E-state index contributed by atoms with van der Waals surface area (Å²) in [5.74, 6) is -0.926. The van der Waals surface area contributed by atoms with Gasteiger partial charge >= 0.3 is 5.97 Å². The highest BCUT2D eigenvalue weighted by Crippen LogP contribution is 2.26. The number of benzene rings is 1. The monoisotopic (exact) mass is 262 g/mol. The van der Waals surface area contributed by atoms with Crippen LogP contribution in [0.2, 0.25) is 0 Å². The van der Waals surface area contributed by atoms with Gasteiger partial charge in [-0.2, -0.15) is 0 Å². The molecule has 0 fully saturated rings. The van der Waals surface area contributed by atoms with Crippen LogP contribution in [0.5, 0.6) is 0 Å². The van der Waals surface area contributed by atoms with E-state index in [1.54, 1.807) is 6.92 Å². The maximum Gasteiger partial charge on any atom is 0.347 e. The summed E-state index contributed by atoms with van der Waals surface area (Å²) < 4.78 is 0. The van der Waals surface area contributed by atoms with E-state index >= 15 is 0 Å². The van der Waals surface area contributed by atoms with Crippen molar-refractivity contribution in [2.24, 2.45) is 0 Å². The Morgan fingerprint density at radius 3 is 2.61 bits per heavy atom. The van der Waals surface area contributed by atoms with Gasteiger partial charge in [0.15, 0.2) is 5.13 Å². The number of hydrogen-bond acceptors (Lipinski definition) is 4. The van der Waals surface area contributed by atoms with Crippen molar-refractivity contribution in [3.05, 3.63) is 46.5 Å². The molecule has 1 heterocycles. The normalized spacial score (nSPS) is 12.1. The molecule has 4 nitrogen and oxygen atoms in total. The molecule has 5 heteroatoms. The van der Waals surface area contributed by atoms with Crippen LogP contribution >= 0.6 is 11.3 Å². The fraction of sp³-hybridized carbons (Fsp3) is 0.231. The lowest BCUT2D eigenvalue weighted by Crippen LogP contribution is -2.05. The highest BCUT2D eigenvalue weighted by molar-refractivity contribution is 7.17. The Labute approximate surface area is 109 Å². The number of nitrogens with zero attached hydrogens (tertiary/aromatic N) is 1. The third kappa shape index (κ3) is 2.68. The van der Waals surface area contributed by atoms with E-state index in [1.165, 1.54) is 11.3 Å². The largest absolute Gasteiger partial charge is 0.477 e. The number of aryl methyl sites for hydroxylation is 1. The summed E-state index contributed by atoms with van der Waals surface area (Å²) in [6.45, 7) is 3.73. The van der Waals surface area contributed by atoms with Gasteiger partial charge in [-0.25, -0.2) is 9.78 Å². The average molecular weight is 262 g/mol. The van der Waals surface area contributed by atoms with Gasteiger partial charge in [-0.1, -0.05) is 41.7 Å². The van der Waals surface area contributed by atoms with Crippen LogP contribution in [0.3, 0.4) is 0 Å². The van der Waals surface area contributed by atoms with Crippen LogP contribution in [0.1, 0.15) is 33.9 Å². The molecule has 1 aromatic heterocycles. The van der Waals surface area contributed by atoms with Gasteiger partial charge in [0, 0.05) is 0 Å². The predicted octanol–water partition coefficient (Wildman–Crippen LogP) is 3.32. The third-order valence-corrected chi connectivity index (χ3v) is 3.71. The van der Waals surface area contributed by atoms with Gasteiger partial charge in [0.2, 0.25) is 0 Å². The maximum atomic E-state index is 10.9. The first-order valence-electron chi connectivity index (χ1n) is 5.60. The molecule has 94 valence electrons. The van der Waals surface area contributed by atoms with E-state index in [-0.39, 0.29) is 10.9 Å². The lowest BCUT2D eigenvalue weighted by atomic mass is 10.1. The number of aromatic nitrogens is 1. The van der Waals surface area contributed by atoms with Crippen LogP contribution < -0.4 is 5.32 Å². The molecule has 0 aliphatic rings. The molecule has 0 aliphatic carbocycles. The van der Waals surface area contributed by atoms with E-state index < -0.39 is 5.97 Å². The highest BCUT2D eigenvalue weighted by Gasteiger charge is 2.15. The lowest BCUT2D eigenvalue weighted by molar-refractivity contribution is 0.0701. The number of carbonyl (C=O) groups is 1. The maximum absolute atomic E-state index is 10.9. The summed E-state index contributed by atoms with van der Waals surface area (Å²) in [5.41, 5.74) is 1.69. The molecule has 18 heavy (non-hydrogen) atoms. The van der Waals surface area contributed by atoms with Crippen molar-refractivity contribution in [2.75, 3.05) is 5.32 Å². The molecule has 0 saturated carbocycles. The van der Waals surface area contributed by atoms with Crippen LogP contribution in [0.15, 0.2) is 30.3 Å². The summed E-state index contributed by atoms with van der Waals surface area (Å²) in [7, 11) is 0. The number of aromatic carboxylic acids is 1. The molecule has 0 bridgehead atoms. The Kier molecular flexibility index (Phi) is 3.62. The summed E-state index contributed by atoms with van der Waals surface area (Å²) in [6, 6.07) is 10.1. The zero-order chi connectivity index (χ0) is 13.1. The van der Waals surface area contributed by atoms with Crippen molar-refractivity contribution in [1.29, 1.82) is 0 Å². The third-order valence-electron chi connectivity index (χ3n) is 2.63. The Hall–Kier alpha value is -1.88. The van der Waals surface area contributed by atoms with Crippen molar-refractivity contribution < 1.29 is 9.90 Å². The van der Waals surface area contributed by atoms with Crippen molar-refractivity contribution >= 4 is 22.4 Å². The zero-order valence-corrected chi connectivity index (χ0v) is 11.0. The molecule has 2 rings (SSSR count). The summed E-state index contributed by atoms with van der Waals surface area (Å²) in [5, 5.41) is 12.8. The van der Waals surface area contributed by atoms with Gasteiger partial charge < -0.3 is 10.4 Å². The molecule has 0 amide bonds. The Balaban J connectivity index is 2.15. The van der Waals surface area contributed by atoms with Gasteiger partial charge in [0.1, 0.15) is 4.88 Å². The first-order chi connectivity index (χ1) is 8.58. The molecule has 2 aromatic rings. The Morgan fingerprint density at radius 1 is 1.39 bits per heavy atom. The molecule has 1 atom stereocenters. The Bertz CT molecular complexity index is 551. The number of nitrogens with one attached hydrogen (secondary N) is 1. The molecule has 1 unspecified atom stereocenters. The van der Waals surface area contributed by atoms with Crippen LogP contribution in [0, 0.1) is 6.92 Å². The topological polar surface area (TPSA) is 62.2 Å². The van der Waals surface area contributed by atoms with E-state index in [4.69, 9.17) is 5.11 Å². The minimum absolute atomic E-state index is 0.0957. The second-order valence-corrected chi connectivity index (χ2v) is 5.01. The highest BCUT2D eigenvalue weighted by atomic mass is 32.1. The summed E-state index contributed by atoms with van der Waals surface area (Å²) >= 11 is 1.17. The Morgan fingerprint density at radius 2 is 2.06 bits per heavy atom. The predicted molar refractivity (Wildman–Crippen MR) is 72.3 cm³/mol. The molecule has 0 radical (unpaired) electrons. The van der Waals surface area contributed by atoms with Crippen molar-refractivity contribution in [1.82, 2.24) is 4.98 Å². The number of carboxylic acid groups (broad SMARTS) is 1. The number of thiazole rings is 1. The molecule has 0 aliphatic heterocycles. The number of carboxylic acids is 1. The fourth-order valence-electron chi connectivity index (χ4n) is 1.67. The van der Waals surface area contributed by atoms with Gasteiger partial charge in [0.25, 0.3) is 0 Å². The van der Waals surface area contributed by atoms with Crippen LogP contribution in [0.4, 0.5) is 5.13 Å². The zero-order valence-electron chi connectivity index (χ0n) is 10.2. The molecule has 0 saturated heterocycles. The van der Waals surface area contributed by atoms with Crippen molar-refractivity contribution in [2.45, 2.75) is 19.9 Å². The van der Waals surface area contributed by atoms with Crippen LogP contribution in [-0.2, 0) is 0 Å². The number of anilines is 1. The summed E-state index contributed by atoms with van der Waals surface area (Å²) in [6.07, 6.45) is 0. The van der Waals surface area contributed by atoms with Crippen molar-refractivity contribution in [3.63, 3.8) is 0 Å². The first-order valence-corrected chi connectivity index (χ1v) is 6.42. The molecule has 2 N–H and O–H groups in total. The second kappa shape index (κ2) is 5.18. The van der Waals surface area contributed by atoms with Gasteiger partial charge in [-0.05, 0) is 19.4 Å². The summed E-state index contributed by atoms with van der Waals surface area (Å²) in [4.78, 5) is 15.4. The molecule has 1 aromatic carbocycles. The number of hydrogen-bond donors (Lipinski definition) is 2. The lowest BCUT2D eigenvalue weighted by Gasteiger charge is -2.12. The van der Waals surface area contributed by atoms with Gasteiger partial charge in [-0.3, -0.25) is 0 Å². The first kappa shape index (κ1) is 12.6. The van der Waals surface area contributed by atoms with Gasteiger partial charge in [-0.15, -0.1) is 0 Å². The minimum Gasteiger partial charge on any atom is -0.477 e. The quantitative estimate of drug-likeness (QED) is 0.887.